The zero-order chi connectivity index (χ0) is 11.4. The van der Waals surface area contributed by atoms with E-state index < -0.39 is 34.4 Å². The van der Waals surface area contributed by atoms with Crippen LogP contribution in [0.25, 0.3) is 0 Å². The van der Waals surface area contributed by atoms with E-state index in [0.717, 1.165) is 0 Å². The van der Waals surface area contributed by atoms with Gasteiger partial charge in [0, 0.05) is 19.1 Å². The quantitative estimate of drug-likeness (QED) is 0.361. The van der Waals surface area contributed by atoms with Gasteiger partial charge >= 0.3 is 154 Å². The molecule has 0 radical (unpaired) electrons. The van der Waals surface area contributed by atoms with Gasteiger partial charge < -0.3 is 33.8 Å². The van der Waals surface area contributed by atoms with Crippen LogP contribution in [-0.4, -0.2) is 35.7 Å². The second-order valence-electron chi connectivity index (χ2n) is 2.62. The third kappa shape index (κ3) is 23.5. The van der Waals surface area contributed by atoms with Gasteiger partial charge in [-0.15, -0.1) is 0 Å². The van der Waals surface area contributed by atoms with Crippen molar-refractivity contribution in [3.8, 4) is 0 Å². The van der Waals surface area contributed by atoms with E-state index in [1.807, 2.05) is 0 Å². The van der Waals surface area contributed by atoms with E-state index in [-0.39, 0.29) is 161 Å². The molecule has 0 saturated heterocycles. The summed E-state index contributed by atoms with van der Waals surface area (Å²) in [6.45, 7) is -0.900. The molecule has 0 bridgehead atoms. The summed E-state index contributed by atoms with van der Waals surface area (Å²) in [5.74, 6) is 0. The predicted octanol–water partition coefficient (Wildman–Crippen LogP) is -13.0. The zero-order valence-electron chi connectivity index (χ0n) is 10.1. The first-order valence-corrected chi connectivity index (χ1v) is 6.95. The van der Waals surface area contributed by atoms with Crippen LogP contribution in [0.3, 0.4) is 0 Å². The fraction of sp³-hybridized carbons (Fsp3) is 1.00. The summed E-state index contributed by atoms with van der Waals surface area (Å²) in [6.07, 6.45) is -2.16. The SMILES string of the molecule is O=P([O-])([O-])CN(CCO)CP(=O)([O-])[O-].[K+].[K+].[K+]. The van der Waals surface area contributed by atoms with E-state index in [0.29, 0.717) is 4.90 Å². The number of rotatable bonds is 6. The Labute approximate surface area is 227 Å². The topological polar surface area (TPSA) is 150 Å². The van der Waals surface area contributed by atoms with Crippen molar-refractivity contribution in [2.45, 2.75) is 0 Å². The van der Waals surface area contributed by atoms with Crippen molar-refractivity contribution >= 4 is 15.2 Å². The van der Waals surface area contributed by atoms with Gasteiger partial charge in [0.25, 0.3) is 0 Å². The normalized spacial score (nSPS) is 11.2. The summed E-state index contributed by atoms with van der Waals surface area (Å²) in [5, 5.41) is 8.40. The van der Waals surface area contributed by atoms with Crippen LogP contribution >= 0.6 is 15.2 Å². The molecule has 0 heterocycles. The van der Waals surface area contributed by atoms with Crippen molar-refractivity contribution < 1.29 is 188 Å². The monoisotopic (exact) mass is 362 g/mol. The van der Waals surface area contributed by atoms with Gasteiger partial charge in [0.05, 0.1) is 6.61 Å². The minimum absolute atomic E-state index is 0. The number of hydrogen-bond donors (Lipinski definition) is 1. The molecule has 0 aliphatic heterocycles. The van der Waals surface area contributed by atoms with Gasteiger partial charge in [-0.1, -0.05) is 15.2 Å². The Morgan fingerprint density at radius 1 is 0.882 bits per heavy atom. The molecule has 0 saturated carbocycles. The van der Waals surface area contributed by atoms with Crippen LogP contribution in [0.15, 0.2) is 0 Å². The molecule has 8 nitrogen and oxygen atoms in total. The summed E-state index contributed by atoms with van der Waals surface area (Å²) in [7, 11) is -9.84. The van der Waals surface area contributed by atoms with E-state index >= 15 is 0 Å². The van der Waals surface area contributed by atoms with Crippen LogP contribution in [0.2, 0.25) is 0 Å². The zero-order valence-corrected chi connectivity index (χ0v) is 21.2. The van der Waals surface area contributed by atoms with Crippen LogP contribution in [0.1, 0.15) is 0 Å². The van der Waals surface area contributed by atoms with Crippen molar-refractivity contribution in [2.24, 2.45) is 0 Å². The first-order valence-electron chi connectivity index (χ1n) is 3.49. The number of aliphatic hydroxyl groups excluding tert-OH is 1. The van der Waals surface area contributed by atoms with E-state index in [9.17, 15) is 28.7 Å². The van der Waals surface area contributed by atoms with Crippen molar-refractivity contribution in [3.63, 3.8) is 0 Å². The van der Waals surface area contributed by atoms with E-state index in [2.05, 4.69) is 0 Å². The predicted molar refractivity (Wildman–Crippen MR) is 38.7 cm³/mol. The molecule has 0 aromatic heterocycles. The molecule has 0 aliphatic rings. The maximum Gasteiger partial charge on any atom is 1.00 e. The molecule has 0 amide bonds. The molecular weight excluding hydrogens is 353 g/mol. The van der Waals surface area contributed by atoms with Crippen LogP contribution in [0.5, 0.6) is 0 Å². The summed E-state index contributed by atoms with van der Waals surface area (Å²) < 4.78 is 20.5. The number of nitrogens with zero attached hydrogens (tertiary/aromatic N) is 1. The summed E-state index contributed by atoms with van der Waals surface area (Å²) in [5.41, 5.74) is 0. The van der Waals surface area contributed by atoms with E-state index in [1.54, 1.807) is 0 Å². The fourth-order valence-electron chi connectivity index (χ4n) is 0.817. The largest absolute Gasteiger partial charge is 1.00 e. The molecule has 1 N–H and O–H groups in total. The van der Waals surface area contributed by atoms with Gasteiger partial charge in [0.15, 0.2) is 0 Å². The molecule has 0 fully saturated rings. The Kier molecular flexibility index (Phi) is 26.0. The molecule has 0 aromatic rings. The second kappa shape index (κ2) is 14.7. The molecule has 0 aromatic carbocycles. The Bertz CT molecular complexity index is 244. The first-order chi connectivity index (χ1) is 6.14. The molecule has 0 rings (SSSR count). The van der Waals surface area contributed by atoms with Crippen LogP contribution in [0, 0.1) is 0 Å². The summed E-state index contributed by atoms with van der Waals surface area (Å²) >= 11 is 0. The van der Waals surface area contributed by atoms with Crippen molar-refractivity contribution in [1.82, 2.24) is 4.90 Å². The molecule has 86 valence electrons. The second-order valence-corrected chi connectivity index (χ2v) is 5.63. The van der Waals surface area contributed by atoms with Gasteiger partial charge in [-0.2, -0.15) is 0 Å². The Hall–Kier alpha value is 5.13. The minimum Gasteiger partial charge on any atom is -0.810 e. The van der Waals surface area contributed by atoms with E-state index in [1.165, 1.54) is 0 Å². The standard InChI is InChI=1S/C4H13NO7P2.3K/c6-2-1-5(3-13(7,8)9)4-14(10,11)12;;;/h6H,1-4H2,(H2,7,8,9)(H2,10,11,12);;;/q;3*+1/p-4. The first kappa shape index (κ1) is 30.1. The third-order valence-electron chi connectivity index (χ3n) is 1.16. The fourth-order valence-corrected chi connectivity index (χ4v) is 2.44. The molecule has 17 heavy (non-hydrogen) atoms. The maximum absolute atomic E-state index is 10.3. The Morgan fingerprint density at radius 2 is 1.18 bits per heavy atom. The van der Waals surface area contributed by atoms with Gasteiger partial charge in [0.2, 0.25) is 0 Å². The van der Waals surface area contributed by atoms with Gasteiger partial charge in [-0.25, -0.2) is 0 Å². The van der Waals surface area contributed by atoms with Gasteiger partial charge in [-0.05, 0) is 0 Å². The molecule has 0 spiro atoms. The van der Waals surface area contributed by atoms with E-state index in [4.69, 9.17) is 5.11 Å². The van der Waals surface area contributed by atoms with Crippen molar-refractivity contribution in [3.05, 3.63) is 0 Å². The van der Waals surface area contributed by atoms with Gasteiger partial charge in [-0.3, -0.25) is 4.90 Å². The molecule has 13 heteroatoms. The average molecular weight is 362 g/mol. The van der Waals surface area contributed by atoms with Crippen LogP contribution in [-0.2, 0) is 9.13 Å². The third-order valence-corrected chi connectivity index (χ3v) is 2.66. The molecule has 0 unspecified atom stereocenters. The summed E-state index contributed by atoms with van der Waals surface area (Å²) in [4.78, 5) is 41.6. The molecule has 0 atom stereocenters. The molecule has 0 aliphatic carbocycles. The smallest absolute Gasteiger partial charge is 0.810 e. The maximum atomic E-state index is 10.3. The van der Waals surface area contributed by atoms with Crippen molar-refractivity contribution in [1.29, 1.82) is 0 Å². The van der Waals surface area contributed by atoms with Gasteiger partial charge in [0.1, 0.15) is 0 Å². The molecular formula is C4H9K3NO7P2-. The Morgan fingerprint density at radius 3 is 1.35 bits per heavy atom. The van der Waals surface area contributed by atoms with Crippen LogP contribution in [0.4, 0.5) is 0 Å². The number of hydrogen-bond acceptors (Lipinski definition) is 8. The van der Waals surface area contributed by atoms with Crippen LogP contribution < -0.4 is 174 Å². The Balaban J connectivity index is -0.000000282. The summed E-state index contributed by atoms with van der Waals surface area (Å²) in [6, 6.07) is 0. The average Bonchev–Trinajstić information content (AvgIpc) is 1.78. The van der Waals surface area contributed by atoms with Crippen molar-refractivity contribution in [2.75, 3.05) is 25.7 Å². The number of aliphatic hydroxyl groups is 1. The minimum atomic E-state index is -4.92.